The van der Waals surface area contributed by atoms with E-state index in [9.17, 15) is 25.2 Å². The van der Waals surface area contributed by atoms with Crippen molar-refractivity contribution < 1.29 is 34.4 Å². The normalized spacial score (nSPS) is 38.4. The van der Waals surface area contributed by atoms with Gasteiger partial charge in [0.15, 0.2) is 6.04 Å². The first-order valence-electron chi connectivity index (χ1n) is 18.4. The van der Waals surface area contributed by atoms with Crippen molar-refractivity contribution in [2.75, 3.05) is 39.3 Å². The number of carbonyl (C=O) groups is 1. The van der Waals surface area contributed by atoms with Crippen LogP contribution < -0.4 is 26.6 Å². The Bertz CT molecular complexity index is 1190. The third kappa shape index (κ3) is 10.2. The fraction of sp³-hybridized carbons (Fsp3) is 0.806. The zero-order valence-corrected chi connectivity index (χ0v) is 30.8. The highest BCUT2D eigenvalue weighted by Crippen LogP contribution is 2.48. The molecule has 3 saturated heterocycles. The van der Waals surface area contributed by atoms with Crippen molar-refractivity contribution in [3.05, 3.63) is 41.1 Å². The Morgan fingerprint density at radius 2 is 1.61 bits per heavy atom. The fourth-order valence-electron chi connectivity index (χ4n) is 8.26. The number of nitrogens with one attached hydrogen (secondary N) is 5. The van der Waals surface area contributed by atoms with Gasteiger partial charge in [0.1, 0.15) is 43.9 Å². The SMILES string of the molecule is CC(C)C[C@@H]1NC(O)CNC(O)CNCC[N@@+]2(C(=O)NC(C)(C)C)C(C[N+]3([O-])C(CNC1O)C(O)C[C@@H]3Cc1ccccc1)[C@@H]2CC(C)C. The fourth-order valence-corrected chi connectivity index (χ4v) is 8.26. The van der Waals surface area contributed by atoms with E-state index in [0.29, 0.717) is 38.3 Å². The van der Waals surface area contributed by atoms with Gasteiger partial charge in [-0.3, -0.25) is 16.0 Å². The number of fused-ring (bicyclic) bond motifs is 2. The summed E-state index contributed by atoms with van der Waals surface area (Å²) >= 11 is 0. The van der Waals surface area contributed by atoms with Gasteiger partial charge in [-0.05, 0) is 44.6 Å². The van der Waals surface area contributed by atoms with Crippen molar-refractivity contribution in [2.24, 2.45) is 11.8 Å². The summed E-state index contributed by atoms with van der Waals surface area (Å²) in [6.07, 6.45) is -1.91. The number of amides is 2. The Balaban J connectivity index is 1.74. The second-order valence-electron chi connectivity index (χ2n) is 16.7. The first-order valence-corrected chi connectivity index (χ1v) is 18.4. The lowest BCUT2D eigenvalue weighted by Gasteiger charge is -2.49. The molecule has 4 rings (SSSR count). The van der Waals surface area contributed by atoms with Crippen LogP contribution in [0.3, 0.4) is 0 Å². The smallest absolute Gasteiger partial charge is 0.418 e. The van der Waals surface area contributed by atoms with Crippen LogP contribution in [0.4, 0.5) is 4.79 Å². The maximum Gasteiger partial charge on any atom is 0.418 e. The van der Waals surface area contributed by atoms with Crippen LogP contribution in [0.15, 0.2) is 30.3 Å². The summed E-state index contributed by atoms with van der Waals surface area (Å²) in [6, 6.07) is 7.65. The molecule has 3 heterocycles. The molecule has 3 aliphatic rings. The molecule has 1 aromatic rings. The molecule has 280 valence electrons. The van der Waals surface area contributed by atoms with E-state index >= 15 is 5.21 Å². The van der Waals surface area contributed by atoms with E-state index in [2.05, 4.69) is 40.4 Å². The largest absolute Gasteiger partial charge is 0.632 e. The number of quaternary nitrogens is 2. The summed E-state index contributed by atoms with van der Waals surface area (Å²) in [5.74, 6) is 0.491. The molecule has 0 spiro atoms. The minimum atomic E-state index is -1.11. The van der Waals surface area contributed by atoms with E-state index in [1.807, 2.05) is 65.0 Å². The van der Waals surface area contributed by atoms with Gasteiger partial charge in [0, 0.05) is 50.5 Å². The van der Waals surface area contributed by atoms with Crippen molar-refractivity contribution >= 4 is 6.03 Å². The third-order valence-corrected chi connectivity index (χ3v) is 10.6. The molecule has 7 unspecified atom stereocenters. The van der Waals surface area contributed by atoms with E-state index in [4.69, 9.17) is 0 Å². The zero-order valence-electron chi connectivity index (χ0n) is 30.8. The molecule has 0 aliphatic carbocycles. The van der Waals surface area contributed by atoms with E-state index in [1.54, 1.807) is 0 Å². The quantitative estimate of drug-likeness (QED) is 0.118. The molecule has 9 N–H and O–H groups in total. The van der Waals surface area contributed by atoms with Crippen molar-refractivity contribution in [1.29, 1.82) is 0 Å². The molecule has 0 aromatic heterocycles. The number of aliphatic hydroxyl groups excluding tert-OH is 4. The summed E-state index contributed by atoms with van der Waals surface area (Å²) in [7, 11) is 0. The van der Waals surface area contributed by atoms with Gasteiger partial charge in [0.2, 0.25) is 6.04 Å². The maximum absolute atomic E-state index is 15.6. The minimum absolute atomic E-state index is 0.0414. The second kappa shape index (κ2) is 16.7. The van der Waals surface area contributed by atoms with Gasteiger partial charge in [-0.1, -0.05) is 58.0 Å². The number of benzene rings is 1. The summed E-state index contributed by atoms with van der Waals surface area (Å²) in [5, 5.41) is 75.7. The molecular weight excluding hydrogens is 626 g/mol. The molecule has 11 atom stereocenters. The van der Waals surface area contributed by atoms with Gasteiger partial charge in [-0.15, -0.1) is 0 Å². The van der Waals surface area contributed by atoms with Crippen LogP contribution >= 0.6 is 0 Å². The lowest BCUT2D eigenvalue weighted by atomic mass is 10.0. The van der Waals surface area contributed by atoms with Crippen LogP contribution in [0.5, 0.6) is 0 Å². The van der Waals surface area contributed by atoms with E-state index in [1.165, 1.54) is 0 Å². The van der Waals surface area contributed by atoms with Gasteiger partial charge in [0.05, 0.1) is 12.6 Å². The number of urea groups is 1. The predicted octanol–water partition coefficient (Wildman–Crippen LogP) is 0.909. The summed E-state index contributed by atoms with van der Waals surface area (Å²) in [5.41, 5.74) is 0.542. The van der Waals surface area contributed by atoms with Gasteiger partial charge >= 0.3 is 6.03 Å². The number of aliphatic hydroxyl groups is 4. The number of rotatable bonds is 6. The summed E-state index contributed by atoms with van der Waals surface area (Å²) in [6.45, 7) is 15.5. The minimum Gasteiger partial charge on any atom is -0.632 e. The van der Waals surface area contributed by atoms with E-state index in [-0.39, 0.29) is 54.7 Å². The Hall–Kier alpha value is -1.75. The lowest BCUT2D eigenvalue weighted by Crippen LogP contribution is -2.63. The van der Waals surface area contributed by atoms with Gasteiger partial charge in [-0.25, -0.2) is 9.28 Å². The number of hydrogen-bond donors (Lipinski definition) is 9. The highest BCUT2D eigenvalue weighted by atomic mass is 16.6. The monoisotopic (exact) mass is 693 g/mol. The van der Waals surface area contributed by atoms with Crippen molar-refractivity contribution in [2.45, 2.75) is 135 Å². The first-order chi connectivity index (χ1) is 23.0. The van der Waals surface area contributed by atoms with Gasteiger partial charge in [0.25, 0.3) is 0 Å². The highest BCUT2D eigenvalue weighted by Gasteiger charge is 2.73. The molecule has 0 bridgehead atoms. The second-order valence-corrected chi connectivity index (χ2v) is 16.7. The predicted molar refractivity (Wildman–Crippen MR) is 191 cm³/mol. The number of carbonyl (C=O) groups excluding carboxylic acids is 1. The molecule has 13 heteroatoms. The molecule has 1 aromatic carbocycles. The van der Waals surface area contributed by atoms with Crippen LogP contribution in [0.25, 0.3) is 0 Å². The molecule has 0 saturated carbocycles. The molecule has 49 heavy (non-hydrogen) atoms. The van der Waals surface area contributed by atoms with Crippen LogP contribution in [-0.2, 0) is 6.42 Å². The Kier molecular flexibility index (Phi) is 13.7. The third-order valence-electron chi connectivity index (χ3n) is 10.6. The van der Waals surface area contributed by atoms with E-state index in [0.717, 1.165) is 12.0 Å². The van der Waals surface area contributed by atoms with Crippen molar-refractivity contribution in [1.82, 2.24) is 26.6 Å². The summed E-state index contributed by atoms with van der Waals surface area (Å²) in [4.78, 5) is 14.3. The maximum atomic E-state index is 15.6. The van der Waals surface area contributed by atoms with Gasteiger partial charge < -0.3 is 40.9 Å². The van der Waals surface area contributed by atoms with Crippen LogP contribution in [0.1, 0.15) is 73.3 Å². The number of nitrogens with zero attached hydrogens (tertiary/aromatic N) is 2. The highest BCUT2D eigenvalue weighted by molar-refractivity contribution is 5.70. The van der Waals surface area contributed by atoms with Crippen molar-refractivity contribution in [3.63, 3.8) is 0 Å². The van der Waals surface area contributed by atoms with Gasteiger partial charge in [-0.2, -0.15) is 0 Å². The molecular formula is C36H66N7O6+. The number of β-amino-alcohol motifs (C(OH)–C–C–N with tert-alkyl or cyclic N) is 2. The van der Waals surface area contributed by atoms with Crippen LogP contribution in [0, 0.1) is 17.0 Å². The lowest BCUT2D eigenvalue weighted by molar-refractivity contribution is -0.926. The topological polar surface area (TPSA) is 181 Å². The molecule has 2 amide bonds. The van der Waals surface area contributed by atoms with Crippen LogP contribution in [-0.4, -0.2) is 135 Å². The molecule has 0 radical (unpaired) electrons. The average Bonchev–Trinajstić information content (AvgIpc) is 3.51. The zero-order chi connectivity index (χ0) is 36.1. The molecule has 3 fully saturated rings. The first kappa shape index (κ1) is 40.0. The number of hydrogen-bond acceptors (Lipinski definition) is 10. The standard InChI is InChI=1S/C36H65N7O6/c1-23(2)15-27-34(47)39-19-29-31(44)18-26(17-25-11-9-8-10-12-25)43(29,49)22-30-28(16-24(3)4)42(30,35(48)41-36(5,6)7)14-13-37-20-32(45)38-21-33(46)40-27/h8-12,23-24,26-34,37-40,44-47H,13-22H2,1-7H3/p+1/t26-,27-,28-,29?,30?,31?,32?,33?,34?,42-,43?/m0/s1. The Labute approximate surface area is 293 Å². The van der Waals surface area contributed by atoms with Crippen LogP contribution in [0.2, 0.25) is 0 Å². The summed E-state index contributed by atoms with van der Waals surface area (Å²) < 4.78 is -0.553. The molecule has 13 nitrogen and oxygen atoms in total. The average molecular weight is 693 g/mol. The Morgan fingerprint density at radius 1 is 0.939 bits per heavy atom. The van der Waals surface area contributed by atoms with E-state index < -0.39 is 53.1 Å². The number of hydroxylamine groups is 3. The Morgan fingerprint density at radius 3 is 2.24 bits per heavy atom. The molecule has 3 aliphatic heterocycles. The van der Waals surface area contributed by atoms with Crippen molar-refractivity contribution in [3.8, 4) is 0 Å².